The van der Waals surface area contributed by atoms with Crippen molar-refractivity contribution in [3.05, 3.63) is 35.7 Å². The number of imidazole rings is 1. The van der Waals surface area contributed by atoms with Crippen LogP contribution in [0.2, 0.25) is 5.02 Å². The zero-order chi connectivity index (χ0) is 11.8. The molecule has 0 fully saturated rings. The van der Waals surface area contributed by atoms with Crippen molar-refractivity contribution in [2.24, 2.45) is 0 Å². The summed E-state index contributed by atoms with van der Waals surface area (Å²) in [5.41, 5.74) is 1.48. The van der Waals surface area contributed by atoms with Crippen LogP contribution in [0.4, 0.5) is 0 Å². The molecular weight excluding hydrogens is 248 g/mol. The topological polar surface area (TPSA) is 62.8 Å². The Bertz CT molecular complexity index is 606. The van der Waals surface area contributed by atoms with Crippen LogP contribution >= 0.6 is 11.6 Å². The van der Waals surface area contributed by atoms with Crippen molar-refractivity contribution in [3.8, 4) is 11.3 Å². The van der Waals surface area contributed by atoms with E-state index in [1.807, 2.05) is 0 Å². The molecule has 2 aromatic rings. The number of rotatable bonds is 2. The van der Waals surface area contributed by atoms with E-state index >= 15 is 0 Å². The largest absolute Gasteiger partial charge is 0.345 e. The Morgan fingerprint density at radius 1 is 1.38 bits per heavy atom. The summed E-state index contributed by atoms with van der Waals surface area (Å²) in [4.78, 5) is 6.99. The molecule has 0 aliphatic carbocycles. The molecule has 0 amide bonds. The molecule has 1 heterocycles. The van der Waals surface area contributed by atoms with Gasteiger partial charge in [0.2, 0.25) is 0 Å². The molecule has 0 aliphatic heterocycles. The molecule has 0 bridgehead atoms. The van der Waals surface area contributed by atoms with Crippen molar-refractivity contribution < 1.29 is 8.42 Å². The van der Waals surface area contributed by atoms with Gasteiger partial charge in [-0.25, -0.2) is 13.4 Å². The van der Waals surface area contributed by atoms with Gasteiger partial charge < -0.3 is 4.98 Å². The van der Waals surface area contributed by atoms with E-state index in [9.17, 15) is 8.42 Å². The molecule has 84 valence electrons. The SMILES string of the molecule is CS(=O)(=O)c1ccc(-c2cnc[nH]2)c(Cl)c1. The molecule has 1 aromatic heterocycles. The second kappa shape index (κ2) is 3.92. The molecular formula is C10H9ClN2O2S. The molecule has 16 heavy (non-hydrogen) atoms. The summed E-state index contributed by atoms with van der Waals surface area (Å²) in [5.74, 6) is 0. The van der Waals surface area contributed by atoms with Crippen LogP contribution in [-0.2, 0) is 9.84 Å². The van der Waals surface area contributed by atoms with Crippen LogP contribution in [0, 0.1) is 0 Å². The first-order valence-corrected chi connectivity index (χ1v) is 6.74. The van der Waals surface area contributed by atoms with Crippen LogP contribution in [0.25, 0.3) is 11.3 Å². The molecule has 0 atom stereocenters. The van der Waals surface area contributed by atoms with Gasteiger partial charge >= 0.3 is 0 Å². The van der Waals surface area contributed by atoms with E-state index < -0.39 is 9.84 Å². The van der Waals surface area contributed by atoms with Crippen LogP contribution in [0.3, 0.4) is 0 Å². The van der Waals surface area contributed by atoms with E-state index in [2.05, 4.69) is 9.97 Å². The molecule has 0 spiro atoms. The average Bonchev–Trinajstić information content (AvgIpc) is 2.69. The molecule has 1 N–H and O–H groups in total. The highest BCUT2D eigenvalue weighted by molar-refractivity contribution is 7.90. The van der Waals surface area contributed by atoms with Crippen LogP contribution in [0.15, 0.2) is 35.6 Å². The minimum Gasteiger partial charge on any atom is -0.345 e. The predicted molar refractivity (Wildman–Crippen MR) is 62.1 cm³/mol. The first-order valence-electron chi connectivity index (χ1n) is 4.47. The summed E-state index contributed by atoms with van der Waals surface area (Å²) >= 11 is 6.01. The summed E-state index contributed by atoms with van der Waals surface area (Å²) < 4.78 is 22.6. The normalized spacial score (nSPS) is 11.6. The molecule has 1 aromatic carbocycles. The van der Waals surface area contributed by atoms with E-state index in [4.69, 9.17) is 11.6 Å². The van der Waals surface area contributed by atoms with E-state index in [0.29, 0.717) is 5.02 Å². The van der Waals surface area contributed by atoms with Crippen molar-refractivity contribution in [2.75, 3.05) is 6.26 Å². The summed E-state index contributed by atoms with van der Waals surface area (Å²) in [6.45, 7) is 0. The number of benzene rings is 1. The van der Waals surface area contributed by atoms with E-state index in [1.54, 1.807) is 12.3 Å². The summed E-state index contributed by atoms with van der Waals surface area (Å²) in [6, 6.07) is 4.62. The van der Waals surface area contributed by atoms with Gasteiger partial charge in [0.15, 0.2) is 9.84 Å². The molecule has 4 nitrogen and oxygen atoms in total. The number of halogens is 1. The third-order valence-corrected chi connectivity index (χ3v) is 3.58. The zero-order valence-electron chi connectivity index (χ0n) is 8.44. The number of sulfone groups is 1. The molecule has 0 aliphatic rings. The minimum atomic E-state index is -3.22. The Morgan fingerprint density at radius 2 is 2.12 bits per heavy atom. The van der Waals surface area contributed by atoms with Crippen LogP contribution < -0.4 is 0 Å². The Labute approximate surface area is 98.2 Å². The second-order valence-corrected chi connectivity index (χ2v) is 5.80. The quantitative estimate of drug-likeness (QED) is 0.895. The van der Waals surface area contributed by atoms with Gasteiger partial charge in [-0.1, -0.05) is 17.7 Å². The van der Waals surface area contributed by atoms with Gasteiger partial charge in [-0.05, 0) is 12.1 Å². The summed E-state index contributed by atoms with van der Waals surface area (Å²) in [7, 11) is -3.22. The number of nitrogens with zero attached hydrogens (tertiary/aromatic N) is 1. The van der Waals surface area contributed by atoms with Gasteiger partial charge in [-0.15, -0.1) is 0 Å². The Morgan fingerprint density at radius 3 is 2.62 bits per heavy atom. The summed E-state index contributed by atoms with van der Waals surface area (Å²) in [6.07, 6.45) is 4.31. The van der Waals surface area contributed by atoms with Crippen LogP contribution in [-0.4, -0.2) is 24.6 Å². The lowest BCUT2D eigenvalue weighted by atomic mass is 10.2. The third kappa shape index (κ3) is 2.10. The number of H-pyrrole nitrogens is 1. The first-order chi connectivity index (χ1) is 7.48. The smallest absolute Gasteiger partial charge is 0.175 e. The standard InChI is InChI=1S/C10H9ClN2O2S/c1-16(14,15)7-2-3-8(9(11)4-7)10-5-12-6-13-10/h2-6H,1H3,(H,12,13). The maximum Gasteiger partial charge on any atom is 0.175 e. The van der Waals surface area contributed by atoms with Gasteiger partial charge in [0.05, 0.1) is 28.1 Å². The Balaban J connectivity index is 2.54. The maximum absolute atomic E-state index is 11.3. The minimum absolute atomic E-state index is 0.209. The monoisotopic (exact) mass is 256 g/mol. The molecule has 0 saturated heterocycles. The van der Waals surface area contributed by atoms with Gasteiger partial charge in [0.1, 0.15) is 0 Å². The fraction of sp³-hybridized carbons (Fsp3) is 0.100. The van der Waals surface area contributed by atoms with Crippen molar-refractivity contribution in [1.82, 2.24) is 9.97 Å². The van der Waals surface area contributed by atoms with E-state index in [0.717, 1.165) is 17.5 Å². The molecule has 2 rings (SSSR count). The van der Waals surface area contributed by atoms with E-state index in [-0.39, 0.29) is 4.90 Å². The predicted octanol–water partition coefficient (Wildman–Crippen LogP) is 2.13. The number of hydrogen-bond acceptors (Lipinski definition) is 3. The number of hydrogen-bond donors (Lipinski definition) is 1. The number of aromatic amines is 1. The fourth-order valence-corrected chi connectivity index (χ4v) is 2.34. The lowest BCUT2D eigenvalue weighted by molar-refractivity contribution is 0.602. The van der Waals surface area contributed by atoms with Crippen LogP contribution in [0.1, 0.15) is 0 Å². The lowest BCUT2D eigenvalue weighted by Crippen LogP contribution is -1.96. The maximum atomic E-state index is 11.3. The Hall–Kier alpha value is -1.33. The third-order valence-electron chi connectivity index (χ3n) is 2.16. The van der Waals surface area contributed by atoms with Crippen LogP contribution in [0.5, 0.6) is 0 Å². The first kappa shape index (κ1) is 11.2. The van der Waals surface area contributed by atoms with Gasteiger partial charge in [0.25, 0.3) is 0 Å². The average molecular weight is 257 g/mol. The van der Waals surface area contributed by atoms with Crippen molar-refractivity contribution in [2.45, 2.75) is 4.90 Å². The molecule has 6 heteroatoms. The van der Waals surface area contributed by atoms with Gasteiger partial charge in [0, 0.05) is 11.8 Å². The van der Waals surface area contributed by atoms with E-state index in [1.165, 1.54) is 18.5 Å². The molecule has 0 saturated carbocycles. The Kier molecular flexibility index (Phi) is 2.73. The highest BCUT2D eigenvalue weighted by atomic mass is 35.5. The van der Waals surface area contributed by atoms with Crippen molar-refractivity contribution in [3.63, 3.8) is 0 Å². The van der Waals surface area contributed by atoms with Gasteiger partial charge in [-0.2, -0.15) is 0 Å². The summed E-state index contributed by atoms with van der Waals surface area (Å²) in [5, 5.41) is 0.382. The zero-order valence-corrected chi connectivity index (χ0v) is 10.0. The fourth-order valence-electron chi connectivity index (χ4n) is 1.35. The molecule has 0 radical (unpaired) electrons. The number of nitrogens with one attached hydrogen (secondary N) is 1. The highest BCUT2D eigenvalue weighted by Crippen LogP contribution is 2.28. The van der Waals surface area contributed by atoms with Crippen molar-refractivity contribution >= 4 is 21.4 Å². The second-order valence-electron chi connectivity index (χ2n) is 3.38. The lowest BCUT2D eigenvalue weighted by Gasteiger charge is -2.04. The van der Waals surface area contributed by atoms with Crippen molar-refractivity contribution in [1.29, 1.82) is 0 Å². The molecule has 0 unspecified atom stereocenters. The van der Waals surface area contributed by atoms with Gasteiger partial charge in [-0.3, -0.25) is 0 Å². The number of aromatic nitrogens is 2. The highest BCUT2D eigenvalue weighted by Gasteiger charge is 2.11.